The lowest BCUT2D eigenvalue weighted by atomic mass is 10.1. The van der Waals surface area contributed by atoms with Crippen LogP contribution in [0.15, 0.2) is 49.3 Å². The molecule has 0 spiro atoms. The van der Waals surface area contributed by atoms with Crippen LogP contribution in [0.4, 0.5) is 5.82 Å². The van der Waals surface area contributed by atoms with Gasteiger partial charge in [0.05, 0.1) is 24.1 Å². The molecular formula is C16H17N7O. The first-order valence-corrected chi connectivity index (χ1v) is 7.36. The Bertz CT molecular complexity index is 830. The van der Waals surface area contributed by atoms with Gasteiger partial charge in [0.1, 0.15) is 24.2 Å². The van der Waals surface area contributed by atoms with Crippen molar-refractivity contribution in [3.63, 3.8) is 0 Å². The fourth-order valence-electron chi connectivity index (χ4n) is 2.31. The maximum Gasteiger partial charge on any atom is 0.268 e. The van der Waals surface area contributed by atoms with Crippen molar-refractivity contribution in [1.29, 1.82) is 0 Å². The van der Waals surface area contributed by atoms with Crippen molar-refractivity contribution in [3.05, 3.63) is 60.6 Å². The van der Waals surface area contributed by atoms with E-state index in [1.165, 1.54) is 12.5 Å². The predicted molar refractivity (Wildman–Crippen MR) is 88.7 cm³/mol. The standard InChI is InChI=1S/C16H17N7O/c1-11(22(2)15-8-18-7-14(21-15)16(17)24)12-3-5-13(6-4-12)23-10-19-9-20-23/h3-11H,1-2H3,(H2,17,24). The Kier molecular flexibility index (Phi) is 4.19. The number of carbonyl (C=O) groups excluding carboxylic acids is 1. The fraction of sp³-hybridized carbons (Fsp3) is 0.188. The number of carbonyl (C=O) groups is 1. The molecule has 0 saturated carbocycles. The van der Waals surface area contributed by atoms with Crippen LogP contribution < -0.4 is 10.6 Å². The van der Waals surface area contributed by atoms with Gasteiger partial charge in [-0.2, -0.15) is 5.10 Å². The number of nitrogens with two attached hydrogens (primary N) is 1. The lowest BCUT2D eigenvalue weighted by Gasteiger charge is -2.26. The molecule has 8 heteroatoms. The molecule has 2 aromatic heterocycles. The predicted octanol–water partition coefficient (Wildman–Crippen LogP) is 1.35. The van der Waals surface area contributed by atoms with Gasteiger partial charge in [0, 0.05) is 7.05 Å². The van der Waals surface area contributed by atoms with Gasteiger partial charge in [-0.15, -0.1) is 0 Å². The van der Waals surface area contributed by atoms with E-state index in [-0.39, 0.29) is 11.7 Å². The van der Waals surface area contributed by atoms with Gasteiger partial charge in [0.2, 0.25) is 0 Å². The zero-order valence-electron chi connectivity index (χ0n) is 13.4. The fourth-order valence-corrected chi connectivity index (χ4v) is 2.31. The Hall–Kier alpha value is -3.29. The van der Waals surface area contributed by atoms with E-state index in [9.17, 15) is 4.79 Å². The summed E-state index contributed by atoms with van der Waals surface area (Å²) in [4.78, 5) is 25.4. The monoisotopic (exact) mass is 323 g/mol. The molecule has 0 aliphatic carbocycles. The van der Waals surface area contributed by atoms with E-state index in [2.05, 4.69) is 20.1 Å². The van der Waals surface area contributed by atoms with Crippen LogP contribution in [0.25, 0.3) is 5.69 Å². The SMILES string of the molecule is CC(c1ccc(-n2cncn2)cc1)N(C)c1cncc(C(N)=O)n1. The molecule has 8 nitrogen and oxygen atoms in total. The van der Waals surface area contributed by atoms with Crippen LogP contribution in [0.3, 0.4) is 0 Å². The highest BCUT2D eigenvalue weighted by Crippen LogP contribution is 2.24. The third-order valence-electron chi connectivity index (χ3n) is 3.88. The van der Waals surface area contributed by atoms with Gasteiger partial charge in [0.25, 0.3) is 5.91 Å². The molecule has 0 aliphatic rings. The summed E-state index contributed by atoms with van der Waals surface area (Å²) < 4.78 is 1.69. The number of primary amides is 1. The largest absolute Gasteiger partial charge is 0.364 e. The molecule has 1 aromatic carbocycles. The van der Waals surface area contributed by atoms with Crippen molar-refractivity contribution in [3.8, 4) is 5.69 Å². The highest BCUT2D eigenvalue weighted by atomic mass is 16.1. The number of nitrogens with zero attached hydrogens (tertiary/aromatic N) is 6. The van der Waals surface area contributed by atoms with Crippen LogP contribution in [0.2, 0.25) is 0 Å². The summed E-state index contributed by atoms with van der Waals surface area (Å²) in [5, 5.41) is 4.10. The molecule has 1 unspecified atom stereocenters. The Morgan fingerprint density at radius 3 is 2.58 bits per heavy atom. The first kappa shape index (κ1) is 15.6. The number of amides is 1. The van der Waals surface area contributed by atoms with Crippen LogP contribution in [0, 0.1) is 0 Å². The van der Waals surface area contributed by atoms with Crippen molar-refractivity contribution >= 4 is 11.7 Å². The Labute approximate surface area is 139 Å². The number of aromatic nitrogens is 5. The van der Waals surface area contributed by atoms with Crippen LogP contribution in [0.1, 0.15) is 29.0 Å². The summed E-state index contributed by atoms with van der Waals surface area (Å²) in [5.74, 6) is -0.0123. The summed E-state index contributed by atoms with van der Waals surface area (Å²) in [7, 11) is 1.89. The molecule has 1 amide bonds. The number of benzene rings is 1. The summed E-state index contributed by atoms with van der Waals surface area (Å²) in [6.07, 6.45) is 6.11. The normalized spacial score (nSPS) is 11.9. The smallest absolute Gasteiger partial charge is 0.268 e. The van der Waals surface area contributed by atoms with Gasteiger partial charge in [-0.05, 0) is 24.6 Å². The quantitative estimate of drug-likeness (QED) is 0.760. The Morgan fingerprint density at radius 2 is 1.96 bits per heavy atom. The van der Waals surface area contributed by atoms with Crippen LogP contribution in [0.5, 0.6) is 0 Å². The highest BCUT2D eigenvalue weighted by molar-refractivity contribution is 5.90. The molecule has 0 fully saturated rings. The maximum atomic E-state index is 11.3. The minimum absolute atomic E-state index is 0.0345. The van der Waals surface area contributed by atoms with Crippen molar-refractivity contribution in [1.82, 2.24) is 24.7 Å². The third kappa shape index (κ3) is 3.07. The van der Waals surface area contributed by atoms with Crippen molar-refractivity contribution < 1.29 is 4.79 Å². The second kappa shape index (κ2) is 6.45. The van der Waals surface area contributed by atoms with E-state index < -0.39 is 5.91 Å². The molecule has 1 atom stereocenters. The topological polar surface area (TPSA) is 103 Å². The van der Waals surface area contributed by atoms with E-state index in [4.69, 9.17) is 5.73 Å². The molecular weight excluding hydrogens is 306 g/mol. The van der Waals surface area contributed by atoms with Gasteiger partial charge in [0.15, 0.2) is 0 Å². The van der Waals surface area contributed by atoms with Gasteiger partial charge >= 0.3 is 0 Å². The molecule has 24 heavy (non-hydrogen) atoms. The molecule has 0 bridgehead atoms. The van der Waals surface area contributed by atoms with Crippen molar-refractivity contribution in [2.75, 3.05) is 11.9 Å². The van der Waals surface area contributed by atoms with Gasteiger partial charge in [-0.1, -0.05) is 12.1 Å². The van der Waals surface area contributed by atoms with Gasteiger partial charge < -0.3 is 10.6 Å². The summed E-state index contributed by atoms with van der Waals surface area (Å²) in [6, 6.07) is 8.01. The number of hydrogen-bond donors (Lipinski definition) is 1. The minimum Gasteiger partial charge on any atom is -0.364 e. The van der Waals surface area contributed by atoms with E-state index in [1.54, 1.807) is 17.2 Å². The average Bonchev–Trinajstić information content (AvgIpc) is 3.15. The molecule has 3 aromatic rings. The van der Waals surface area contributed by atoms with E-state index in [0.29, 0.717) is 5.82 Å². The molecule has 0 aliphatic heterocycles. The lowest BCUT2D eigenvalue weighted by molar-refractivity contribution is 0.0995. The zero-order valence-corrected chi connectivity index (χ0v) is 13.4. The van der Waals surface area contributed by atoms with Crippen molar-refractivity contribution in [2.24, 2.45) is 5.73 Å². The minimum atomic E-state index is -0.595. The van der Waals surface area contributed by atoms with Gasteiger partial charge in [-0.3, -0.25) is 9.78 Å². The number of rotatable bonds is 5. The first-order valence-electron chi connectivity index (χ1n) is 7.36. The molecule has 122 valence electrons. The van der Waals surface area contributed by atoms with E-state index >= 15 is 0 Å². The highest BCUT2D eigenvalue weighted by Gasteiger charge is 2.15. The molecule has 3 rings (SSSR count). The summed E-state index contributed by atoms with van der Waals surface area (Å²) in [6.45, 7) is 2.04. The Morgan fingerprint density at radius 1 is 1.21 bits per heavy atom. The Balaban J connectivity index is 1.81. The van der Waals surface area contributed by atoms with E-state index in [0.717, 1.165) is 11.3 Å². The molecule has 2 N–H and O–H groups in total. The first-order chi connectivity index (χ1) is 11.6. The third-order valence-corrected chi connectivity index (χ3v) is 3.88. The molecule has 0 radical (unpaired) electrons. The number of anilines is 1. The van der Waals surface area contributed by atoms with Crippen LogP contribution in [-0.4, -0.2) is 37.7 Å². The van der Waals surface area contributed by atoms with Gasteiger partial charge in [-0.25, -0.2) is 14.6 Å². The van der Waals surface area contributed by atoms with Crippen molar-refractivity contribution in [2.45, 2.75) is 13.0 Å². The van der Waals surface area contributed by atoms with Crippen LogP contribution >= 0.6 is 0 Å². The molecule has 0 saturated heterocycles. The average molecular weight is 323 g/mol. The number of hydrogen-bond acceptors (Lipinski definition) is 6. The van der Waals surface area contributed by atoms with E-state index in [1.807, 2.05) is 43.1 Å². The maximum absolute atomic E-state index is 11.3. The second-order valence-corrected chi connectivity index (χ2v) is 5.35. The zero-order chi connectivity index (χ0) is 17.1. The summed E-state index contributed by atoms with van der Waals surface area (Å²) in [5.41, 5.74) is 7.43. The van der Waals surface area contributed by atoms with Crippen LogP contribution in [-0.2, 0) is 0 Å². The lowest BCUT2D eigenvalue weighted by Crippen LogP contribution is -2.24. The molecule has 2 heterocycles. The summed E-state index contributed by atoms with van der Waals surface area (Å²) >= 11 is 0. The second-order valence-electron chi connectivity index (χ2n) is 5.35.